The van der Waals surface area contributed by atoms with Crippen molar-refractivity contribution in [2.24, 2.45) is 0 Å². The first-order chi connectivity index (χ1) is 14.6. The minimum Gasteiger partial charge on any atom is -0.444 e. The third-order valence-electron chi connectivity index (χ3n) is 4.65. The molecule has 2 heterocycles. The Labute approximate surface area is 184 Å². The summed E-state index contributed by atoms with van der Waals surface area (Å²) in [5, 5.41) is 6.99. The van der Waals surface area contributed by atoms with Gasteiger partial charge in [-0.1, -0.05) is 6.07 Å². The molecule has 1 fully saturated rings. The number of carbonyl (C=O) groups is 3. The summed E-state index contributed by atoms with van der Waals surface area (Å²) in [6.07, 6.45) is 0.771. The average molecular weight is 448 g/mol. The van der Waals surface area contributed by atoms with E-state index in [9.17, 15) is 18.8 Å². The Morgan fingerprint density at radius 2 is 2.00 bits per heavy atom. The lowest BCUT2D eigenvalue weighted by Crippen LogP contribution is -2.43. The number of nitrogens with zero attached hydrogens (tertiary/aromatic N) is 1. The minimum absolute atomic E-state index is 0.0912. The van der Waals surface area contributed by atoms with Crippen LogP contribution in [-0.2, 0) is 20.7 Å². The molecule has 2 aromatic rings. The van der Waals surface area contributed by atoms with Crippen molar-refractivity contribution in [3.63, 3.8) is 0 Å². The molecule has 1 aromatic heterocycles. The summed E-state index contributed by atoms with van der Waals surface area (Å²) < 4.78 is 19.2. The summed E-state index contributed by atoms with van der Waals surface area (Å²) in [6, 6.07) is 7.07. The fourth-order valence-electron chi connectivity index (χ4n) is 3.34. The van der Waals surface area contributed by atoms with Crippen LogP contribution in [0.25, 0.3) is 0 Å². The molecular weight excluding hydrogens is 421 g/mol. The maximum atomic E-state index is 14.1. The molecule has 2 N–H and O–H groups in total. The first-order valence-corrected chi connectivity index (χ1v) is 10.9. The van der Waals surface area contributed by atoms with Crippen molar-refractivity contribution in [2.45, 2.75) is 51.7 Å². The lowest BCUT2D eigenvalue weighted by atomic mass is 10.2. The Hall–Kier alpha value is -2.94. The highest BCUT2D eigenvalue weighted by Crippen LogP contribution is 2.24. The zero-order chi connectivity index (χ0) is 22.6. The van der Waals surface area contributed by atoms with E-state index >= 15 is 0 Å². The second kappa shape index (κ2) is 9.47. The van der Waals surface area contributed by atoms with Crippen LogP contribution in [0.5, 0.6) is 0 Å². The van der Waals surface area contributed by atoms with Gasteiger partial charge in [0.15, 0.2) is 0 Å². The molecule has 1 atom stereocenters. The monoisotopic (exact) mass is 447 g/mol. The summed E-state index contributed by atoms with van der Waals surface area (Å²) in [4.78, 5) is 40.0. The topological polar surface area (TPSA) is 87.7 Å². The molecule has 0 saturated carbocycles. The Balaban J connectivity index is 1.65. The molecule has 1 unspecified atom stereocenters. The van der Waals surface area contributed by atoms with Crippen LogP contribution < -0.4 is 10.6 Å². The van der Waals surface area contributed by atoms with Crippen LogP contribution in [0.15, 0.2) is 35.7 Å². The molecule has 3 rings (SSSR count). The molecule has 9 heteroatoms. The van der Waals surface area contributed by atoms with Gasteiger partial charge in [0, 0.05) is 17.1 Å². The third kappa shape index (κ3) is 6.27. The molecule has 1 aliphatic heterocycles. The highest BCUT2D eigenvalue weighted by molar-refractivity contribution is 7.10. The normalized spacial score (nSPS) is 16.1. The molecule has 0 spiro atoms. The van der Waals surface area contributed by atoms with Gasteiger partial charge < -0.3 is 15.0 Å². The number of thiophene rings is 1. The number of nitrogens with one attached hydrogen (secondary N) is 2. The Morgan fingerprint density at radius 3 is 2.68 bits per heavy atom. The molecular formula is C22H26FN3O4S. The van der Waals surface area contributed by atoms with Gasteiger partial charge in [0.2, 0.25) is 11.8 Å². The van der Waals surface area contributed by atoms with Crippen molar-refractivity contribution in [2.75, 3.05) is 17.2 Å². The van der Waals surface area contributed by atoms with Crippen molar-refractivity contribution < 1.29 is 23.5 Å². The number of rotatable bonds is 5. The molecule has 7 nitrogen and oxygen atoms in total. The van der Waals surface area contributed by atoms with Gasteiger partial charge in [-0.05, 0) is 63.3 Å². The van der Waals surface area contributed by atoms with Crippen LogP contribution in [-0.4, -0.2) is 41.0 Å². The molecule has 1 aliphatic rings. The van der Waals surface area contributed by atoms with Gasteiger partial charge in [-0.25, -0.2) is 9.18 Å². The van der Waals surface area contributed by atoms with Gasteiger partial charge in [-0.2, -0.15) is 0 Å². The van der Waals surface area contributed by atoms with Crippen LogP contribution >= 0.6 is 11.3 Å². The molecule has 31 heavy (non-hydrogen) atoms. The molecule has 3 amide bonds. The number of halogens is 1. The van der Waals surface area contributed by atoms with Gasteiger partial charge in [0.1, 0.15) is 17.5 Å². The van der Waals surface area contributed by atoms with E-state index in [4.69, 9.17) is 4.74 Å². The number of anilines is 2. The SMILES string of the molecule is CC(C)(C)OC(=O)Nc1cc(NC(=O)C2CCCN2C(=O)Cc2cccs2)ccc1F. The number of carbonyl (C=O) groups excluding carboxylic acids is 3. The van der Waals surface area contributed by atoms with Gasteiger partial charge in [-0.3, -0.25) is 14.9 Å². The molecule has 0 bridgehead atoms. The summed E-state index contributed by atoms with van der Waals surface area (Å²) in [5.74, 6) is -1.09. The number of hydrogen-bond donors (Lipinski definition) is 2. The van der Waals surface area contributed by atoms with Gasteiger partial charge in [0.05, 0.1) is 12.1 Å². The van der Waals surface area contributed by atoms with Crippen molar-refractivity contribution in [1.29, 1.82) is 0 Å². The number of benzene rings is 1. The van der Waals surface area contributed by atoms with Gasteiger partial charge in [0.25, 0.3) is 0 Å². The lowest BCUT2D eigenvalue weighted by molar-refractivity contribution is -0.136. The Bertz CT molecular complexity index is 956. The molecule has 1 saturated heterocycles. The van der Waals surface area contributed by atoms with E-state index in [0.717, 1.165) is 17.4 Å². The second-order valence-corrected chi connectivity index (χ2v) is 9.34. The van der Waals surface area contributed by atoms with E-state index in [1.54, 1.807) is 25.7 Å². The zero-order valence-electron chi connectivity index (χ0n) is 17.7. The van der Waals surface area contributed by atoms with E-state index in [2.05, 4.69) is 10.6 Å². The zero-order valence-corrected chi connectivity index (χ0v) is 18.6. The summed E-state index contributed by atoms with van der Waals surface area (Å²) in [5.41, 5.74) is -0.521. The fraction of sp³-hybridized carbons (Fsp3) is 0.409. The quantitative estimate of drug-likeness (QED) is 0.711. The number of amides is 3. The van der Waals surface area contributed by atoms with E-state index < -0.39 is 23.6 Å². The van der Waals surface area contributed by atoms with Crippen molar-refractivity contribution >= 4 is 40.6 Å². The first-order valence-electron chi connectivity index (χ1n) is 10.0. The van der Waals surface area contributed by atoms with Gasteiger partial charge in [-0.15, -0.1) is 11.3 Å². The summed E-state index contributed by atoms with van der Waals surface area (Å²) in [6.45, 7) is 5.63. The van der Waals surface area contributed by atoms with Crippen molar-refractivity contribution in [3.8, 4) is 0 Å². The van der Waals surface area contributed by atoms with Crippen LogP contribution in [0.3, 0.4) is 0 Å². The van der Waals surface area contributed by atoms with E-state index in [0.29, 0.717) is 18.7 Å². The average Bonchev–Trinajstić information content (AvgIpc) is 3.34. The largest absolute Gasteiger partial charge is 0.444 e. The fourth-order valence-corrected chi connectivity index (χ4v) is 4.04. The first kappa shape index (κ1) is 22.7. The summed E-state index contributed by atoms with van der Waals surface area (Å²) >= 11 is 1.50. The van der Waals surface area contributed by atoms with Crippen LogP contribution in [0.1, 0.15) is 38.5 Å². The second-order valence-electron chi connectivity index (χ2n) is 8.31. The molecule has 0 radical (unpaired) electrons. The van der Waals surface area contributed by atoms with Crippen molar-refractivity contribution in [3.05, 3.63) is 46.4 Å². The number of likely N-dealkylation sites (tertiary alicyclic amines) is 1. The summed E-state index contributed by atoms with van der Waals surface area (Å²) in [7, 11) is 0. The maximum absolute atomic E-state index is 14.1. The Morgan fingerprint density at radius 1 is 1.23 bits per heavy atom. The van der Waals surface area contributed by atoms with Crippen LogP contribution in [0, 0.1) is 5.82 Å². The lowest BCUT2D eigenvalue weighted by Gasteiger charge is -2.24. The predicted octanol–water partition coefficient (Wildman–Crippen LogP) is 4.41. The molecule has 1 aromatic carbocycles. The standard InChI is InChI=1S/C22H26FN3O4S/c1-22(2,3)30-21(29)25-17-12-14(8-9-16(17)23)24-20(28)18-7-4-10-26(18)19(27)13-15-6-5-11-31-15/h5-6,8-9,11-12,18H,4,7,10,13H2,1-3H3,(H,24,28)(H,25,29). The van der Waals surface area contributed by atoms with E-state index in [-0.39, 0.29) is 23.9 Å². The van der Waals surface area contributed by atoms with Crippen LogP contribution in [0.4, 0.5) is 20.6 Å². The third-order valence-corrected chi connectivity index (χ3v) is 5.53. The highest BCUT2D eigenvalue weighted by Gasteiger charge is 2.34. The Kier molecular flexibility index (Phi) is 6.94. The smallest absolute Gasteiger partial charge is 0.412 e. The number of hydrogen-bond acceptors (Lipinski definition) is 5. The van der Waals surface area contributed by atoms with E-state index in [1.165, 1.54) is 23.5 Å². The minimum atomic E-state index is -0.795. The highest BCUT2D eigenvalue weighted by atomic mass is 32.1. The molecule has 166 valence electrons. The van der Waals surface area contributed by atoms with E-state index in [1.807, 2.05) is 17.5 Å². The van der Waals surface area contributed by atoms with Crippen molar-refractivity contribution in [1.82, 2.24) is 4.90 Å². The maximum Gasteiger partial charge on any atom is 0.412 e. The molecule has 0 aliphatic carbocycles. The van der Waals surface area contributed by atoms with Gasteiger partial charge >= 0.3 is 6.09 Å². The predicted molar refractivity (Wildman–Crippen MR) is 118 cm³/mol. The van der Waals surface area contributed by atoms with Crippen LogP contribution in [0.2, 0.25) is 0 Å². The number of ether oxygens (including phenoxy) is 1.